The van der Waals surface area contributed by atoms with E-state index in [0.717, 1.165) is 33.4 Å². The zero-order chi connectivity index (χ0) is 36.1. The molecule has 0 saturated heterocycles. The summed E-state index contributed by atoms with van der Waals surface area (Å²) in [6.45, 7) is 12.7. The van der Waals surface area contributed by atoms with Gasteiger partial charge in [0.25, 0.3) is 0 Å². The molecule has 0 N–H and O–H groups in total. The fourth-order valence-electron chi connectivity index (χ4n) is 7.18. The molecule has 0 bridgehead atoms. The van der Waals surface area contributed by atoms with Crippen molar-refractivity contribution in [3.05, 3.63) is 253 Å². The average molecular weight is 697 g/mol. The first-order valence-corrected chi connectivity index (χ1v) is 19.2. The summed E-state index contributed by atoms with van der Waals surface area (Å²) in [6, 6.07) is 62.0. The van der Waals surface area contributed by atoms with E-state index in [1.807, 2.05) is 127 Å². The lowest BCUT2D eigenvalue weighted by atomic mass is 9.83. The van der Waals surface area contributed by atoms with Crippen LogP contribution in [0.4, 0.5) is 0 Å². The second kappa shape index (κ2) is 17.4. The van der Waals surface area contributed by atoms with Gasteiger partial charge < -0.3 is 11.4 Å². The van der Waals surface area contributed by atoms with Crippen molar-refractivity contribution in [3.8, 4) is 0 Å². The maximum atomic E-state index is 7.70. The van der Waals surface area contributed by atoms with Gasteiger partial charge in [0.2, 0.25) is 0 Å². The molecule has 0 aliphatic carbocycles. The molecule has 0 radical (unpaired) electrons. The minimum atomic E-state index is -3.37. The maximum absolute atomic E-state index is 7.70. The summed E-state index contributed by atoms with van der Waals surface area (Å²) in [4.78, 5) is 0. The van der Waals surface area contributed by atoms with Crippen molar-refractivity contribution in [2.75, 3.05) is 0 Å². The Hall–Kier alpha value is -5.05. The first-order chi connectivity index (χ1) is 25.6. The summed E-state index contributed by atoms with van der Waals surface area (Å²) >= 11 is -3.37. The Morgan fingerprint density at radius 3 is 0.654 bits per heavy atom. The summed E-state index contributed by atoms with van der Waals surface area (Å²) < 4.78 is 23.1. The molecule has 52 heavy (non-hydrogen) atoms. The summed E-state index contributed by atoms with van der Waals surface area (Å²) in [5.74, 6) is 0. The van der Waals surface area contributed by atoms with E-state index in [2.05, 4.69) is 92.5 Å². The van der Waals surface area contributed by atoms with Gasteiger partial charge in [-0.2, -0.15) is 0 Å². The van der Waals surface area contributed by atoms with Crippen molar-refractivity contribution in [1.29, 1.82) is 0 Å². The van der Waals surface area contributed by atoms with Crippen LogP contribution in [0.25, 0.3) is 0 Å². The molecule has 6 aromatic carbocycles. The van der Waals surface area contributed by atoms with Crippen molar-refractivity contribution in [3.63, 3.8) is 0 Å². The van der Waals surface area contributed by atoms with Crippen LogP contribution in [-0.2, 0) is 28.2 Å². The van der Waals surface area contributed by atoms with Crippen molar-refractivity contribution >= 4 is 15.1 Å². The van der Waals surface area contributed by atoms with Crippen LogP contribution >= 0.6 is 0 Å². The third-order valence-corrected chi connectivity index (χ3v) is 11.4. The lowest BCUT2D eigenvalue weighted by Crippen LogP contribution is -2.50. The van der Waals surface area contributed by atoms with Crippen LogP contribution in [0.15, 0.2) is 220 Å². The SMILES string of the molecule is C=CCC([O][Al]([O]C(CC=C)(c1ccccc1)c1ccccc1)[O]C(CC=C)(c1ccccc1)c1ccccc1)(c1ccccc1)c1ccccc1. The van der Waals surface area contributed by atoms with E-state index in [9.17, 15) is 0 Å². The highest BCUT2D eigenvalue weighted by Crippen LogP contribution is 2.46. The van der Waals surface area contributed by atoms with Gasteiger partial charge in [0, 0.05) is 19.3 Å². The van der Waals surface area contributed by atoms with Gasteiger partial charge >= 0.3 is 15.1 Å². The highest BCUT2D eigenvalue weighted by molar-refractivity contribution is 6.37. The third kappa shape index (κ3) is 7.74. The molecule has 0 fully saturated rings. The van der Waals surface area contributed by atoms with Gasteiger partial charge in [-0.25, -0.2) is 0 Å². The maximum Gasteiger partial charge on any atom is 0.908 e. The Bertz CT molecular complexity index is 1630. The molecule has 0 aromatic heterocycles. The predicted octanol–water partition coefficient (Wildman–Crippen LogP) is 11.6. The summed E-state index contributed by atoms with van der Waals surface area (Å²) in [5.41, 5.74) is 2.93. The molecule has 0 aliphatic rings. The van der Waals surface area contributed by atoms with Crippen LogP contribution in [0.2, 0.25) is 0 Å². The van der Waals surface area contributed by atoms with Gasteiger partial charge in [0.15, 0.2) is 0 Å². The standard InChI is InChI=1S/3C16H15O.Al/c3*1-2-13-16(17,14-9-5-3-6-10-14)15-11-7-4-8-12-15;/h3*2-12H,1,13H2;/q3*-1;+3. The lowest BCUT2D eigenvalue weighted by Gasteiger charge is -2.44. The van der Waals surface area contributed by atoms with Gasteiger partial charge in [0.05, 0.1) is 16.8 Å². The van der Waals surface area contributed by atoms with E-state index in [4.69, 9.17) is 11.4 Å². The minimum Gasteiger partial charge on any atom is -0.442 e. The van der Waals surface area contributed by atoms with Crippen molar-refractivity contribution in [2.24, 2.45) is 0 Å². The number of hydrogen-bond donors (Lipinski definition) is 0. The first kappa shape index (κ1) is 36.7. The van der Waals surface area contributed by atoms with Crippen LogP contribution in [-0.4, -0.2) is 15.1 Å². The largest absolute Gasteiger partial charge is 0.908 e. The van der Waals surface area contributed by atoms with Gasteiger partial charge in [-0.05, 0) is 33.4 Å². The number of rotatable bonds is 18. The number of benzene rings is 6. The molecule has 3 nitrogen and oxygen atoms in total. The fraction of sp³-hybridized carbons (Fsp3) is 0.125. The van der Waals surface area contributed by atoms with Crippen LogP contribution in [0.1, 0.15) is 52.6 Å². The van der Waals surface area contributed by atoms with E-state index in [0.29, 0.717) is 19.3 Å². The monoisotopic (exact) mass is 696 g/mol. The van der Waals surface area contributed by atoms with E-state index in [1.165, 1.54) is 0 Å². The second-order valence-electron chi connectivity index (χ2n) is 12.8. The van der Waals surface area contributed by atoms with E-state index >= 15 is 0 Å². The van der Waals surface area contributed by atoms with Gasteiger partial charge in [-0.1, -0.05) is 200 Å². The van der Waals surface area contributed by atoms with Crippen LogP contribution in [0, 0.1) is 0 Å². The van der Waals surface area contributed by atoms with E-state index in [-0.39, 0.29) is 0 Å². The van der Waals surface area contributed by atoms with Gasteiger partial charge in [0.1, 0.15) is 0 Å². The molecular formula is C48H45AlO3. The molecule has 0 heterocycles. The molecule has 0 saturated carbocycles. The van der Waals surface area contributed by atoms with Crippen molar-refractivity contribution < 1.29 is 11.4 Å². The molecule has 0 spiro atoms. The van der Waals surface area contributed by atoms with Crippen LogP contribution < -0.4 is 0 Å². The molecule has 6 rings (SSSR count). The summed E-state index contributed by atoms with van der Waals surface area (Å²) in [7, 11) is 0. The molecule has 258 valence electrons. The van der Waals surface area contributed by atoms with Gasteiger partial charge in [-0.15, -0.1) is 19.7 Å². The van der Waals surface area contributed by atoms with Crippen molar-refractivity contribution in [1.82, 2.24) is 0 Å². The fourth-order valence-corrected chi connectivity index (χ4v) is 9.41. The molecule has 0 aliphatic heterocycles. The Balaban J connectivity index is 1.64. The molecule has 0 atom stereocenters. The summed E-state index contributed by atoms with van der Waals surface area (Å²) in [6.07, 6.45) is 7.20. The Kier molecular flexibility index (Phi) is 12.3. The zero-order valence-corrected chi connectivity index (χ0v) is 30.8. The molecule has 0 unspecified atom stereocenters. The quantitative estimate of drug-likeness (QED) is 0.0661. The predicted molar refractivity (Wildman–Crippen MR) is 214 cm³/mol. The van der Waals surface area contributed by atoms with Crippen LogP contribution in [0.3, 0.4) is 0 Å². The molecule has 0 amide bonds. The second-order valence-corrected chi connectivity index (χ2v) is 14.1. The smallest absolute Gasteiger partial charge is 0.442 e. The highest BCUT2D eigenvalue weighted by atomic mass is 27.3. The minimum absolute atomic E-state index is 0.480. The molecule has 6 aromatic rings. The normalized spacial score (nSPS) is 11.8. The Morgan fingerprint density at radius 2 is 0.500 bits per heavy atom. The zero-order valence-electron chi connectivity index (χ0n) is 29.6. The topological polar surface area (TPSA) is 27.7 Å². The highest BCUT2D eigenvalue weighted by Gasteiger charge is 2.54. The first-order valence-electron chi connectivity index (χ1n) is 17.8. The summed E-state index contributed by atoms with van der Waals surface area (Å²) in [5, 5.41) is 0. The Morgan fingerprint density at radius 1 is 0.327 bits per heavy atom. The number of hydrogen-bond acceptors (Lipinski definition) is 3. The molecular weight excluding hydrogens is 652 g/mol. The van der Waals surface area contributed by atoms with Gasteiger partial charge in [-0.3, -0.25) is 0 Å². The van der Waals surface area contributed by atoms with Crippen molar-refractivity contribution in [2.45, 2.75) is 36.1 Å². The third-order valence-electron chi connectivity index (χ3n) is 9.63. The Labute approximate surface area is 314 Å². The lowest BCUT2D eigenvalue weighted by molar-refractivity contribution is -0.0652. The average Bonchev–Trinajstić information content (AvgIpc) is 3.22. The van der Waals surface area contributed by atoms with E-state index < -0.39 is 32.0 Å². The molecule has 4 heteroatoms. The van der Waals surface area contributed by atoms with E-state index in [1.54, 1.807) is 0 Å². The van der Waals surface area contributed by atoms with Crippen LogP contribution in [0.5, 0.6) is 0 Å².